The minimum Gasteiger partial charge on any atom is -0.322 e. The van der Waals surface area contributed by atoms with Gasteiger partial charge in [-0.15, -0.1) is 0 Å². The van der Waals surface area contributed by atoms with E-state index in [2.05, 4.69) is 5.32 Å². The largest absolute Gasteiger partial charge is 0.322 e. The highest BCUT2D eigenvalue weighted by molar-refractivity contribution is 6.30. The molecular formula is C27H18ClNO3. The molecule has 32 heavy (non-hydrogen) atoms. The zero-order valence-corrected chi connectivity index (χ0v) is 17.7. The lowest BCUT2D eigenvalue weighted by Crippen LogP contribution is -2.17. The van der Waals surface area contributed by atoms with E-state index in [1.54, 1.807) is 84.9 Å². The Morgan fingerprint density at radius 1 is 0.531 bits per heavy atom. The van der Waals surface area contributed by atoms with Crippen molar-refractivity contribution in [2.45, 2.75) is 0 Å². The van der Waals surface area contributed by atoms with Crippen LogP contribution in [0.2, 0.25) is 5.02 Å². The van der Waals surface area contributed by atoms with Gasteiger partial charge in [0.15, 0.2) is 11.6 Å². The number of ketones is 2. The molecule has 0 heterocycles. The van der Waals surface area contributed by atoms with Gasteiger partial charge < -0.3 is 5.32 Å². The van der Waals surface area contributed by atoms with Gasteiger partial charge in [0.05, 0.1) is 5.56 Å². The van der Waals surface area contributed by atoms with Crippen molar-refractivity contribution >= 4 is 34.8 Å². The van der Waals surface area contributed by atoms with Gasteiger partial charge in [-0.1, -0.05) is 60.1 Å². The number of nitrogens with one attached hydrogen (secondary N) is 1. The van der Waals surface area contributed by atoms with Crippen LogP contribution < -0.4 is 5.32 Å². The fourth-order valence-corrected chi connectivity index (χ4v) is 3.42. The third kappa shape index (κ3) is 4.66. The zero-order valence-electron chi connectivity index (χ0n) is 16.9. The quantitative estimate of drug-likeness (QED) is 0.372. The predicted octanol–water partition coefficient (Wildman–Crippen LogP) is 6.05. The molecule has 1 amide bonds. The minimum absolute atomic E-state index is 0.0950. The summed E-state index contributed by atoms with van der Waals surface area (Å²) in [5.74, 6) is -0.774. The highest BCUT2D eigenvalue weighted by atomic mass is 35.5. The van der Waals surface area contributed by atoms with Crippen LogP contribution in [0.5, 0.6) is 0 Å². The van der Waals surface area contributed by atoms with Crippen LogP contribution in [0, 0.1) is 0 Å². The molecule has 0 bridgehead atoms. The van der Waals surface area contributed by atoms with Crippen LogP contribution in [0.4, 0.5) is 5.69 Å². The first kappa shape index (κ1) is 21.2. The summed E-state index contributed by atoms with van der Waals surface area (Å²) in [7, 11) is 0. The molecule has 156 valence electrons. The van der Waals surface area contributed by atoms with Crippen LogP contribution in [0.1, 0.15) is 42.2 Å². The van der Waals surface area contributed by atoms with Gasteiger partial charge in [-0.25, -0.2) is 0 Å². The summed E-state index contributed by atoms with van der Waals surface area (Å²) in [6, 6.07) is 28.8. The number of anilines is 1. The summed E-state index contributed by atoms with van der Waals surface area (Å²) < 4.78 is 0. The topological polar surface area (TPSA) is 63.2 Å². The SMILES string of the molecule is O=C(c1ccccc1)c1ccc(NC(=O)c2ccccc2C(=O)c2ccc(Cl)cc2)cc1. The Bertz CT molecular complexity index is 1280. The molecule has 0 aliphatic heterocycles. The number of carbonyl (C=O) groups excluding carboxylic acids is 3. The van der Waals surface area contributed by atoms with Crippen LogP contribution in [-0.2, 0) is 0 Å². The van der Waals surface area contributed by atoms with Crippen molar-refractivity contribution in [3.05, 3.63) is 136 Å². The molecule has 1 N–H and O–H groups in total. The molecule has 5 heteroatoms. The summed E-state index contributed by atoms with van der Waals surface area (Å²) in [6.45, 7) is 0. The monoisotopic (exact) mass is 439 g/mol. The maximum Gasteiger partial charge on any atom is 0.256 e. The molecule has 0 radical (unpaired) electrons. The standard InChI is InChI=1S/C27H18ClNO3/c28-21-14-10-20(11-15-21)26(31)23-8-4-5-9-24(23)27(32)29-22-16-12-19(13-17-22)25(30)18-6-2-1-3-7-18/h1-17H,(H,29,32). The van der Waals surface area contributed by atoms with Crippen molar-refractivity contribution in [3.63, 3.8) is 0 Å². The maximum atomic E-state index is 12.9. The molecule has 0 aromatic heterocycles. The Morgan fingerprint density at radius 2 is 1.03 bits per heavy atom. The fraction of sp³-hybridized carbons (Fsp3) is 0. The molecular weight excluding hydrogens is 422 g/mol. The second-order valence-electron chi connectivity index (χ2n) is 7.11. The van der Waals surface area contributed by atoms with Gasteiger partial charge in [0.25, 0.3) is 5.91 Å². The first-order valence-electron chi connectivity index (χ1n) is 9.93. The van der Waals surface area contributed by atoms with Crippen molar-refractivity contribution in [1.82, 2.24) is 0 Å². The van der Waals surface area contributed by atoms with Gasteiger partial charge in [-0.3, -0.25) is 14.4 Å². The molecule has 0 saturated carbocycles. The molecule has 0 atom stereocenters. The number of hydrogen-bond donors (Lipinski definition) is 1. The molecule has 0 unspecified atom stereocenters. The Hall–Kier alpha value is -4.02. The summed E-state index contributed by atoms with van der Waals surface area (Å²) in [5.41, 5.74) is 2.64. The van der Waals surface area contributed by atoms with Gasteiger partial charge in [0, 0.05) is 33.0 Å². The Kier molecular flexibility index (Phi) is 6.24. The van der Waals surface area contributed by atoms with Crippen LogP contribution in [0.3, 0.4) is 0 Å². The average molecular weight is 440 g/mol. The molecule has 0 saturated heterocycles. The Labute approximate surface area is 190 Å². The van der Waals surface area contributed by atoms with E-state index in [1.807, 2.05) is 18.2 Å². The first-order valence-corrected chi connectivity index (χ1v) is 10.3. The van der Waals surface area contributed by atoms with E-state index in [0.29, 0.717) is 33.0 Å². The van der Waals surface area contributed by atoms with Crippen LogP contribution in [-0.4, -0.2) is 17.5 Å². The smallest absolute Gasteiger partial charge is 0.256 e. The van der Waals surface area contributed by atoms with E-state index in [-0.39, 0.29) is 17.1 Å². The highest BCUT2D eigenvalue weighted by Crippen LogP contribution is 2.19. The molecule has 4 rings (SSSR count). The third-order valence-corrected chi connectivity index (χ3v) is 5.22. The van der Waals surface area contributed by atoms with Crippen LogP contribution >= 0.6 is 11.6 Å². The maximum absolute atomic E-state index is 12.9. The average Bonchev–Trinajstić information content (AvgIpc) is 2.84. The lowest BCUT2D eigenvalue weighted by molar-refractivity contribution is 0.0996. The number of hydrogen-bond acceptors (Lipinski definition) is 3. The molecule has 0 spiro atoms. The van der Waals surface area contributed by atoms with Gasteiger partial charge in [-0.05, 0) is 54.6 Å². The lowest BCUT2D eigenvalue weighted by atomic mass is 9.98. The van der Waals surface area contributed by atoms with Crippen molar-refractivity contribution in [2.24, 2.45) is 0 Å². The molecule has 4 aromatic rings. The normalized spacial score (nSPS) is 10.4. The van der Waals surface area contributed by atoms with Crippen LogP contribution in [0.15, 0.2) is 103 Å². The van der Waals surface area contributed by atoms with E-state index in [9.17, 15) is 14.4 Å². The lowest BCUT2D eigenvalue weighted by Gasteiger charge is -2.10. The van der Waals surface area contributed by atoms with E-state index in [1.165, 1.54) is 0 Å². The fourth-order valence-electron chi connectivity index (χ4n) is 3.30. The van der Waals surface area contributed by atoms with Gasteiger partial charge in [-0.2, -0.15) is 0 Å². The first-order chi connectivity index (χ1) is 15.5. The number of rotatable bonds is 6. The molecule has 4 aromatic carbocycles. The molecule has 0 aliphatic rings. The second kappa shape index (κ2) is 9.41. The van der Waals surface area contributed by atoms with E-state index < -0.39 is 5.91 Å². The minimum atomic E-state index is -0.412. The van der Waals surface area contributed by atoms with Crippen molar-refractivity contribution < 1.29 is 14.4 Å². The van der Waals surface area contributed by atoms with E-state index in [4.69, 9.17) is 11.6 Å². The second-order valence-corrected chi connectivity index (χ2v) is 7.54. The van der Waals surface area contributed by atoms with Crippen molar-refractivity contribution in [3.8, 4) is 0 Å². The third-order valence-electron chi connectivity index (χ3n) is 4.96. The Balaban J connectivity index is 1.53. The number of halogens is 1. The van der Waals surface area contributed by atoms with Gasteiger partial charge >= 0.3 is 0 Å². The molecule has 0 aliphatic carbocycles. The van der Waals surface area contributed by atoms with Gasteiger partial charge in [0.1, 0.15) is 0 Å². The molecule has 0 fully saturated rings. The van der Waals surface area contributed by atoms with E-state index >= 15 is 0 Å². The number of benzene rings is 4. The van der Waals surface area contributed by atoms with Crippen LogP contribution in [0.25, 0.3) is 0 Å². The zero-order chi connectivity index (χ0) is 22.5. The number of carbonyl (C=O) groups is 3. The van der Waals surface area contributed by atoms with Crippen molar-refractivity contribution in [1.29, 1.82) is 0 Å². The molecule has 4 nitrogen and oxygen atoms in total. The summed E-state index contributed by atoms with van der Waals surface area (Å²) in [6.07, 6.45) is 0. The Morgan fingerprint density at radius 3 is 1.69 bits per heavy atom. The van der Waals surface area contributed by atoms with Crippen molar-refractivity contribution in [2.75, 3.05) is 5.32 Å². The number of amides is 1. The summed E-state index contributed by atoms with van der Waals surface area (Å²) in [5, 5.41) is 3.33. The summed E-state index contributed by atoms with van der Waals surface area (Å²) in [4.78, 5) is 38.4. The summed E-state index contributed by atoms with van der Waals surface area (Å²) >= 11 is 5.90. The van der Waals surface area contributed by atoms with E-state index in [0.717, 1.165) is 0 Å². The van der Waals surface area contributed by atoms with Gasteiger partial charge in [0.2, 0.25) is 0 Å². The highest BCUT2D eigenvalue weighted by Gasteiger charge is 2.18. The predicted molar refractivity (Wildman–Crippen MR) is 126 cm³/mol.